The van der Waals surface area contributed by atoms with Crippen LogP contribution in [0.15, 0.2) is 33.9 Å². The first-order valence-corrected chi connectivity index (χ1v) is 13.3. The van der Waals surface area contributed by atoms with Crippen molar-refractivity contribution in [3.05, 3.63) is 76.7 Å². The normalized spacial score (nSPS) is 11.8. The fourth-order valence-corrected chi connectivity index (χ4v) is 6.13. The summed E-state index contributed by atoms with van der Waals surface area (Å²) in [5, 5.41) is 32.4. The summed E-state index contributed by atoms with van der Waals surface area (Å²) in [7, 11) is 0. The monoisotopic (exact) mass is 544 g/mol. The molecule has 0 saturated heterocycles. The molecule has 1 aromatic carbocycles. The van der Waals surface area contributed by atoms with Crippen molar-refractivity contribution >= 4 is 44.2 Å². The van der Waals surface area contributed by atoms with E-state index in [0.717, 1.165) is 21.9 Å². The summed E-state index contributed by atoms with van der Waals surface area (Å²) < 4.78 is 2.24. The van der Waals surface area contributed by atoms with Crippen LogP contribution in [-0.2, 0) is 12.8 Å². The van der Waals surface area contributed by atoms with E-state index in [0.29, 0.717) is 33.4 Å². The first-order valence-electron chi connectivity index (χ1n) is 11.3. The van der Waals surface area contributed by atoms with Crippen LogP contribution in [0.2, 0.25) is 5.02 Å². The second-order valence-corrected chi connectivity index (χ2v) is 10.7. The predicted octanol–water partition coefficient (Wildman–Crippen LogP) is 3.77. The van der Waals surface area contributed by atoms with E-state index in [4.69, 9.17) is 11.6 Å². The van der Waals surface area contributed by atoms with E-state index < -0.39 is 28.8 Å². The highest BCUT2D eigenvalue weighted by molar-refractivity contribution is 7.16. The fraction of sp³-hybridized carbons (Fsp3) is 0.304. The highest BCUT2D eigenvalue weighted by Gasteiger charge is 2.33. The zero-order valence-corrected chi connectivity index (χ0v) is 21.7. The molecule has 10 nitrogen and oxygen atoms in total. The van der Waals surface area contributed by atoms with Gasteiger partial charge in [0.25, 0.3) is 11.1 Å². The minimum absolute atomic E-state index is 0.207. The molecule has 4 aromatic heterocycles. The Morgan fingerprint density at radius 1 is 0.833 bits per heavy atom. The zero-order valence-electron chi connectivity index (χ0n) is 19.3. The SMILES string of the molecule is CCCc1nn2c(=O)c(C(c3ccc(Cl)cc3)c3c(O)nc4sc(CCC)nn4c3=O)c(O)nc2s1. The Kier molecular flexibility index (Phi) is 6.49. The molecule has 186 valence electrons. The largest absolute Gasteiger partial charge is 0.493 e. The summed E-state index contributed by atoms with van der Waals surface area (Å²) in [5.74, 6) is -2.32. The lowest BCUT2D eigenvalue weighted by Gasteiger charge is -2.18. The van der Waals surface area contributed by atoms with Gasteiger partial charge in [-0.25, -0.2) is 0 Å². The summed E-state index contributed by atoms with van der Waals surface area (Å²) in [6, 6.07) is 6.41. The molecule has 0 aliphatic rings. The van der Waals surface area contributed by atoms with Gasteiger partial charge in [-0.05, 0) is 30.5 Å². The van der Waals surface area contributed by atoms with Crippen LogP contribution in [0.1, 0.15) is 59.3 Å². The Bertz CT molecular complexity index is 1600. The fourth-order valence-electron chi connectivity index (χ4n) is 4.04. The van der Waals surface area contributed by atoms with Crippen molar-refractivity contribution in [3.63, 3.8) is 0 Å². The molecule has 5 aromatic rings. The first kappa shape index (κ1) is 24.3. The topological polar surface area (TPSA) is 135 Å². The number of fused-ring (bicyclic) bond motifs is 2. The molecule has 0 atom stereocenters. The maximum atomic E-state index is 13.7. The Morgan fingerprint density at radius 3 is 1.69 bits per heavy atom. The average Bonchev–Trinajstić information content (AvgIpc) is 3.43. The van der Waals surface area contributed by atoms with Gasteiger partial charge in [-0.3, -0.25) is 9.59 Å². The molecule has 0 fully saturated rings. The molecule has 0 amide bonds. The van der Waals surface area contributed by atoms with E-state index >= 15 is 0 Å². The lowest BCUT2D eigenvalue weighted by atomic mass is 9.87. The molecule has 0 bridgehead atoms. The van der Waals surface area contributed by atoms with Crippen LogP contribution < -0.4 is 11.1 Å². The molecule has 0 saturated carbocycles. The van der Waals surface area contributed by atoms with Crippen molar-refractivity contribution in [1.82, 2.24) is 29.2 Å². The molecule has 4 heterocycles. The Labute approximate surface area is 217 Å². The lowest BCUT2D eigenvalue weighted by Crippen LogP contribution is -2.29. The molecule has 0 aliphatic carbocycles. The van der Waals surface area contributed by atoms with Crippen LogP contribution in [0, 0.1) is 0 Å². The highest BCUT2D eigenvalue weighted by Crippen LogP contribution is 2.37. The van der Waals surface area contributed by atoms with E-state index in [1.807, 2.05) is 13.8 Å². The second-order valence-electron chi connectivity index (χ2n) is 8.17. The molecule has 5 rings (SSSR count). The quantitative estimate of drug-likeness (QED) is 0.316. The number of hydrogen-bond donors (Lipinski definition) is 2. The van der Waals surface area contributed by atoms with Gasteiger partial charge in [0.15, 0.2) is 0 Å². The van der Waals surface area contributed by atoms with Crippen molar-refractivity contribution < 1.29 is 10.2 Å². The van der Waals surface area contributed by atoms with E-state index in [2.05, 4.69) is 20.2 Å². The van der Waals surface area contributed by atoms with Gasteiger partial charge in [0.1, 0.15) is 10.0 Å². The van der Waals surface area contributed by atoms with E-state index in [-0.39, 0.29) is 21.0 Å². The summed E-state index contributed by atoms with van der Waals surface area (Å²) in [6.07, 6.45) is 2.95. The van der Waals surface area contributed by atoms with Crippen LogP contribution in [0.5, 0.6) is 11.8 Å². The standard InChI is InChI=1S/C23H21ClN6O4S2/c1-3-5-13-27-29-20(33)16(18(31)25-22(29)35-13)15(11-7-9-12(24)10-8-11)17-19(32)26-23-30(21(17)34)28-14(36-23)6-4-2/h7-10,15,31-32H,3-6H2,1-2H3. The highest BCUT2D eigenvalue weighted by atomic mass is 35.5. The molecule has 0 radical (unpaired) electrons. The smallest absolute Gasteiger partial charge is 0.283 e. The van der Waals surface area contributed by atoms with Gasteiger partial charge < -0.3 is 10.2 Å². The van der Waals surface area contributed by atoms with Gasteiger partial charge in [0, 0.05) is 17.9 Å². The number of halogens is 1. The van der Waals surface area contributed by atoms with Crippen molar-refractivity contribution in [2.45, 2.75) is 45.4 Å². The van der Waals surface area contributed by atoms with Crippen LogP contribution in [0.25, 0.3) is 9.92 Å². The number of nitrogens with zero attached hydrogens (tertiary/aromatic N) is 6. The van der Waals surface area contributed by atoms with Crippen LogP contribution >= 0.6 is 34.3 Å². The van der Waals surface area contributed by atoms with E-state index in [1.165, 1.54) is 22.7 Å². The maximum Gasteiger partial charge on any atom is 0.283 e. The van der Waals surface area contributed by atoms with Crippen molar-refractivity contribution in [2.75, 3.05) is 0 Å². The van der Waals surface area contributed by atoms with Crippen molar-refractivity contribution in [1.29, 1.82) is 0 Å². The molecule has 13 heteroatoms. The predicted molar refractivity (Wildman–Crippen MR) is 138 cm³/mol. The zero-order chi connectivity index (χ0) is 25.6. The lowest BCUT2D eigenvalue weighted by molar-refractivity contribution is 0.433. The molecule has 36 heavy (non-hydrogen) atoms. The number of aromatic hydroxyl groups is 2. The van der Waals surface area contributed by atoms with E-state index in [1.54, 1.807) is 24.3 Å². The summed E-state index contributed by atoms with van der Waals surface area (Å²) >= 11 is 8.50. The van der Waals surface area contributed by atoms with Crippen LogP contribution in [0.3, 0.4) is 0 Å². The Hall–Kier alpha value is -3.35. The van der Waals surface area contributed by atoms with Crippen LogP contribution in [0.4, 0.5) is 0 Å². The number of rotatable bonds is 7. The summed E-state index contributed by atoms with van der Waals surface area (Å²) in [4.78, 5) is 36.2. The Balaban J connectivity index is 1.82. The van der Waals surface area contributed by atoms with Crippen LogP contribution in [-0.4, -0.2) is 39.4 Å². The van der Waals surface area contributed by atoms with Gasteiger partial charge in [0.2, 0.25) is 21.7 Å². The van der Waals surface area contributed by atoms with Gasteiger partial charge in [0.05, 0.1) is 17.0 Å². The average molecular weight is 545 g/mol. The molecule has 0 spiro atoms. The van der Waals surface area contributed by atoms with Gasteiger partial charge >= 0.3 is 0 Å². The maximum absolute atomic E-state index is 13.7. The molecule has 0 aliphatic heterocycles. The molecule has 2 N–H and O–H groups in total. The Morgan fingerprint density at radius 2 is 1.28 bits per heavy atom. The minimum atomic E-state index is -1.20. The number of benzene rings is 1. The van der Waals surface area contributed by atoms with Gasteiger partial charge in [-0.1, -0.05) is 60.3 Å². The third-order valence-corrected chi connectivity index (χ3v) is 7.83. The molecule has 0 unspecified atom stereocenters. The number of aryl methyl sites for hydroxylation is 2. The third-order valence-electron chi connectivity index (χ3n) is 5.64. The van der Waals surface area contributed by atoms with Crippen molar-refractivity contribution in [2.24, 2.45) is 0 Å². The van der Waals surface area contributed by atoms with E-state index in [9.17, 15) is 19.8 Å². The van der Waals surface area contributed by atoms with Crippen molar-refractivity contribution in [3.8, 4) is 11.8 Å². The summed E-state index contributed by atoms with van der Waals surface area (Å²) in [5.41, 5.74) is -1.28. The van der Waals surface area contributed by atoms with Gasteiger partial charge in [-0.2, -0.15) is 29.2 Å². The summed E-state index contributed by atoms with van der Waals surface area (Å²) in [6.45, 7) is 3.98. The number of hydrogen-bond acceptors (Lipinski definition) is 10. The third kappa shape index (κ3) is 4.14. The molecular weight excluding hydrogens is 524 g/mol. The first-order chi connectivity index (χ1) is 17.3. The number of aromatic nitrogens is 6. The minimum Gasteiger partial charge on any atom is -0.493 e. The van der Waals surface area contributed by atoms with Gasteiger partial charge in [-0.15, -0.1) is 0 Å². The molecular formula is C23H21ClN6O4S2. The second kappa shape index (κ2) is 9.60.